The van der Waals surface area contributed by atoms with Crippen molar-refractivity contribution >= 4 is 22.5 Å². The molecule has 16 heavy (non-hydrogen) atoms. The highest BCUT2D eigenvalue weighted by Gasteiger charge is 2.18. The molecule has 1 fully saturated rings. The van der Waals surface area contributed by atoms with Crippen LogP contribution in [0.5, 0.6) is 0 Å². The van der Waals surface area contributed by atoms with Crippen molar-refractivity contribution in [1.82, 2.24) is 20.4 Å². The lowest BCUT2D eigenvalue weighted by molar-refractivity contribution is 0.221. The molecule has 2 rings (SSSR count). The number of carbonyl (C=O) groups excluding carboxylic acids is 1. The molecule has 7 heteroatoms. The van der Waals surface area contributed by atoms with Crippen LogP contribution < -0.4 is 10.6 Å². The van der Waals surface area contributed by atoms with Crippen LogP contribution in [-0.4, -0.2) is 47.3 Å². The van der Waals surface area contributed by atoms with Crippen LogP contribution in [0.25, 0.3) is 0 Å². The van der Waals surface area contributed by atoms with Crippen molar-refractivity contribution in [3.05, 3.63) is 5.51 Å². The Balaban J connectivity index is 1.75. The Kier molecular flexibility index (Phi) is 3.68. The van der Waals surface area contributed by atoms with E-state index in [9.17, 15) is 4.79 Å². The molecule has 0 atom stereocenters. The van der Waals surface area contributed by atoms with E-state index >= 15 is 0 Å². The number of likely N-dealkylation sites (tertiary alicyclic amines) is 1. The van der Waals surface area contributed by atoms with E-state index in [1.807, 2.05) is 0 Å². The first-order valence-corrected chi connectivity index (χ1v) is 6.14. The summed E-state index contributed by atoms with van der Waals surface area (Å²) in [5, 5.41) is 13.5. The summed E-state index contributed by atoms with van der Waals surface area (Å²) >= 11 is 1.31. The Labute approximate surface area is 98.0 Å². The van der Waals surface area contributed by atoms with Crippen LogP contribution in [0.2, 0.25) is 0 Å². The van der Waals surface area contributed by atoms with Crippen LogP contribution in [0, 0.1) is 0 Å². The van der Waals surface area contributed by atoms with Gasteiger partial charge in [-0.2, -0.15) is 0 Å². The minimum absolute atomic E-state index is 0.189. The highest BCUT2D eigenvalue weighted by Crippen LogP contribution is 2.10. The van der Waals surface area contributed by atoms with Crippen LogP contribution in [0.4, 0.5) is 9.93 Å². The first-order valence-electron chi connectivity index (χ1n) is 5.26. The minimum atomic E-state index is -0.189. The first kappa shape index (κ1) is 11.3. The molecule has 2 amide bonds. The van der Waals surface area contributed by atoms with Crippen LogP contribution in [0.1, 0.15) is 12.8 Å². The summed E-state index contributed by atoms with van der Waals surface area (Å²) in [4.78, 5) is 13.8. The van der Waals surface area contributed by atoms with Crippen molar-refractivity contribution in [3.63, 3.8) is 0 Å². The zero-order valence-electron chi connectivity index (χ0n) is 9.14. The number of hydrogen-bond donors (Lipinski definition) is 2. The van der Waals surface area contributed by atoms with Gasteiger partial charge in [0, 0.05) is 6.04 Å². The van der Waals surface area contributed by atoms with Gasteiger partial charge in [-0.25, -0.2) is 4.79 Å². The summed E-state index contributed by atoms with van der Waals surface area (Å²) in [6, 6.07) is 0.0791. The smallest absolute Gasteiger partial charge is 0.321 e. The Morgan fingerprint density at radius 1 is 1.56 bits per heavy atom. The number of aromatic nitrogens is 2. The van der Waals surface area contributed by atoms with Gasteiger partial charge in [0.15, 0.2) is 0 Å². The van der Waals surface area contributed by atoms with Gasteiger partial charge in [0.1, 0.15) is 5.51 Å². The van der Waals surface area contributed by atoms with Crippen molar-refractivity contribution in [1.29, 1.82) is 0 Å². The number of rotatable bonds is 2. The summed E-state index contributed by atoms with van der Waals surface area (Å²) in [6.45, 7) is 2.06. The van der Waals surface area contributed by atoms with Gasteiger partial charge in [0.05, 0.1) is 0 Å². The Morgan fingerprint density at radius 2 is 2.31 bits per heavy atom. The summed E-state index contributed by atoms with van der Waals surface area (Å²) in [5.41, 5.74) is 1.59. The molecule has 88 valence electrons. The summed E-state index contributed by atoms with van der Waals surface area (Å²) < 4.78 is 0. The number of carbonyl (C=O) groups is 1. The van der Waals surface area contributed by atoms with Crippen LogP contribution in [0.15, 0.2) is 5.51 Å². The molecule has 0 bridgehead atoms. The van der Waals surface area contributed by atoms with Crippen molar-refractivity contribution in [3.8, 4) is 0 Å². The first-order chi connectivity index (χ1) is 7.74. The van der Waals surface area contributed by atoms with E-state index in [4.69, 9.17) is 0 Å². The average molecular weight is 241 g/mol. The maximum atomic E-state index is 11.6. The number of anilines is 1. The maximum absolute atomic E-state index is 11.6. The van der Waals surface area contributed by atoms with Gasteiger partial charge in [-0.05, 0) is 33.0 Å². The lowest BCUT2D eigenvalue weighted by Gasteiger charge is -2.29. The molecule has 0 radical (unpaired) electrons. The maximum Gasteiger partial charge on any atom is 0.321 e. The number of nitrogens with zero attached hydrogens (tertiary/aromatic N) is 3. The third-order valence-corrected chi connectivity index (χ3v) is 3.24. The van der Waals surface area contributed by atoms with Gasteiger partial charge in [0.25, 0.3) is 0 Å². The number of nitrogens with one attached hydrogen (secondary N) is 2. The molecule has 0 saturated carbocycles. The molecule has 6 nitrogen and oxygen atoms in total. The molecule has 1 saturated heterocycles. The molecule has 0 aliphatic carbocycles. The van der Waals surface area contributed by atoms with E-state index in [2.05, 4.69) is 32.8 Å². The average Bonchev–Trinajstić information content (AvgIpc) is 2.74. The third kappa shape index (κ3) is 3.14. The van der Waals surface area contributed by atoms with Crippen LogP contribution in [-0.2, 0) is 0 Å². The zero-order valence-corrected chi connectivity index (χ0v) is 9.96. The van der Waals surface area contributed by atoms with Gasteiger partial charge in [-0.15, -0.1) is 10.2 Å². The molecule has 1 aromatic heterocycles. The molecule has 0 unspecified atom stereocenters. The second-order valence-corrected chi connectivity index (χ2v) is 4.75. The monoisotopic (exact) mass is 241 g/mol. The third-order valence-electron chi connectivity index (χ3n) is 2.63. The molecule has 0 spiro atoms. The van der Waals surface area contributed by atoms with E-state index in [0.29, 0.717) is 5.13 Å². The summed E-state index contributed by atoms with van der Waals surface area (Å²) in [5.74, 6) is 0. The SMILES string of the molecule is CN1CCC(NC(=O)Nc2nncs2)CC1. The molecule has 1 aromatic rings. The quantitative estimate of drug-likeness (QED) is 0.801. The van der Waals surface area contributed by atoms with Gasteiger partial charge in [-0.3, -0.25) is 5.32 Å². The molecule has 1 aliphatic heterocycles. The molecule has 1 aliphatic rings. The Hall–Kier alpha value is -1.21. The van der Waals surface area contributed by atoms with Crippen molar-refractivity contribution < 1.29 is 4.79 Å². The fraction of sp³-hybridized carbons (Fsp3) is 0.667. The van der Waals surface area contributed by atoms with E-state index in [1.54, 1.807) is 5.51 Å². The zero-order chi connectivity index (χ0) is 11.4. The number of piperidine rings is 1. The van der Waals surface area contributed by atoms with Gasteiger partial charge < -0.3 is 10.2 Å². The van der Waals surface area contributed by atoms with Gasteiger partial charge >= 0.3 is 6.03 Å². The van der Waals surface area contributed by atoms with Crippen molar-refractivity contribution in [2.24, 2.45) is 0 Å². The normalized spacial score (nSPS) is 18.3. The van der Waals surface area contributed by atoms with E-state index in [-0.39, 0.29) is 12.1 Å². The lowest BCUT2D eigenvalue weighted by Crippen LogP contribution is -2.44. The molecule has 0 aromatic carbocycles. The fourth-order valence-corrected chi connectivity index (χ4v) is 2.14. The van der Waals surface area contributed by atoms with Gasteiger partial charge in [0.2, 0.25) is 5.13 Å². The second-order valence-electron chi connectivity index (χ2n) is 3.92. The van der Waals surface area contributed by atoms with E-state index in [0.717, 1.165) is 25.9 Å². The molecular weight excluding hydrogens is 226 g/mol. The predicted octanol–water partition coefficient (Wildman–Crippen LogP) is 0.754. The largest absolute Gasteiger partial charge is 0.335 e. The Morgan fingerprint density at radius 3 is 2.94 bits per heavy atom. The van der Waals surface area contributed by atoms with Gasteiger partial charge in [-0.1, -0.05) is 11.3 Å². The summed E-state index contributed by atoms with van der Waals surface area (Å²) in [6.07, 6.45) is 2.00. The highest BCUT2D eigenvalue weighted by molar-refractivity contribution is 7.13. The highest BCUT2D eigenvalue weighted by atomic mass is 32.1. The second kappa shape index (κ2) is 5.22. The fourth-order valence-electron chi connectivity index (χ4n) is 1.70. The van der Waals surface area contributed by atoms with E-state index < -0.39 is 0 Å². The van der Waals surface area contributed by atoms with Crippen LogP contribution in [0.3, 0.4) is 0 Å². The van der Waals surface area contributed by atoms with E-state index in [1.165, 1.54) is 11.3 Å². The molecular formula is C9H15N5OS. The Bertz CT molecular complexity index is 334. The number of hydrogen-bond acceptors (Lipinski definition) is 5. The molecule has 2 heterocycles. The van der Waals surface area contributed by atoms with Crippen molar-refractivity contribution in [2.75, 3.05) is 25.5 Å². The number of urea groups is 1. The summed E-state index contributed by atoms with van der Waals surface area (Å²) in [7, 11) is 2.09. The minimum Gasteiger partial charge on any atom is -0.335 e. The van der Waals surface area contributed by atoms with Crippen LogP contribution >= 0.6 is 11.3 Å². The standard InChI is InChI=1S/C9H15N5OS/c1-14-4-2-7(3-5-14)11-8(15)12-9-13-10-6-16-9/h6-7H,2-5H2,1H3,(H2,11,12,13,15). The van der Waals surface area contributed by atoms with Crippen molar-refractivity contribution in [2.45, 2.75) is 18.9 Å². The predicted molar refractivity (Wildman–Crippen MR) is 62.6 cm³/mol. The topological polar surface area (TPSA) is 70.2 Å². The molecule has 2 N–H and O–H groups in total. The number of amides is 2. The lowest BCUT2D eigenvalue weighted by atomic mass is 10.1.